The van der Waals surface area contributed by atoms with Gasteiger partial charge < -0.3 is 15.1 Å². The smallest absolute Gasteiger partial charge is 0.417 e. The Balaban J connectivity index is 1.56. The van der Waals surface area contributed by atoms with E-state index < -0.39 is 58.8 Å². The monoisotopic (exact) mass is 597 g/mol. The van der Waals surface area contributed by atoms with Crippen molar-refractivity contribution in [3.8, 4) is 11.3 Å². The average molecular weight is 598 g/mol. The molecule has 0 fully saturated rings. The molecule has 14 heteroatoms. The third-order valence-corrected chi connectivity index (χ3v) is 6.83. The van der Waals surface area contributed by atoms with E-state index in [1.807, 2.05) is 6.07 Å². The van der Waals surface area contributed by atoms with Crippen LogP contribution < -0.4 is 16.2 Å². The van der Waals surface area contributed by atoms with Crippen LogP contribution in [-0.2, 0) is 22.9 Å². The predicted molar refractivity (Wildman–Crippen MR) is 150 cm³/mol. The van der Waals surface area contributed by atoms with Crippen molar-refractivity contribution in [2.75, 3.05) is 12.4 Å². The van der Waals surface area contributed by atoms with Gasteiger partial charge in [-0.2, -0.15) is 13.2 Å². The minimum absolute atomic E-state index is 0.0486. The van der Waals surface area contributed by atoms with Crippen molar-refractivity contribution in [1.29, 1.82) is 0 Å². The number of anilines is 1. The lowest BCUT2D eigenvalue weighted by Gasteiger charge is -2.21. The third-order valence-electron chi connectivity index (χ3n) is 6.83. The van der Waals surface area contributed by atoms with Gasteiger partial charge in [0, 0.05) is 13.2 Å². The minimum atomic E-state index is -4.54. The van der Waals surface area contributed by atoms with Gasteiger partial charge in [-0.05, 0) is 37.5 Å². The molecule has 4 rings (SSSR count). The molecule has 1 atom stereocenters. The van der Waals surface area contributed by atoms with Crippen molar-refractivity contribution in [2.45, 2.75) is 51.9 Å². The first-order valence-electron chi connectivity index (χ1n) is 13.3. The molecule has 0 aliphatic rings. The predicted octanol–water partition coefficient (Wildman–Crippen LogP) is 4.10. The van der Waals surface area contributed by atoms with Gasteiger partial charge in [0.25, 0.3) is 11.4 Å². The number of carbonyl (C=O) groups excluding carboxylic acids is 2. The van der Waals surface area contributed by atoms with Gasteiger partial charge in [-0.15, -0.1) is 10.2 Å². The maximum Gasteiger partial charge on any atom is 0.417 e. The molecule has 0 aliphatic carbocycles. The van der Waals surface area contributed by atoms with E-state index in [0.717, 1.165) is 6.07 Å². The van der Waals surface area contributed by atoms with Gasteiger partial charge in [0.15, 0.2) is 5.82 Å². The normalized spacial score (nSPS) is 12.7. The van der Waals surface area contributed by atoms with E-state index in [1.165, 1.54) is 23.9 Å². The van der Waals surface area contributed by atoms with Crippen molar-refractivity contribution in [3.05, 3.63) is 88.3 Å². The van der Waals surface area contributed by atoms with Gasteiger partial charge >= 0.3 is 6.18 Å². The quantitative estimate of drug-likeness (QED) is 0.258. The summed E-state index contributed by atoms with van der Waals surface area (Å²) in [5.74, 6) is -2.09. The zero-order valence-electron chi connectivity index (χ0n) is 24.1. The highest BCUT2D eigenvalue weighted by Crippen LogP contribution is 2.33. The van der Waals surface area contributed by atoms with Crippen LogP contribution in [-0.4, -0.2) is 49.5 Å². The summed E-state index contributed by atoms with van der Waals surface area (Å²) >= 11 is 0. The van der Waals surface area contributed by atoms with Crippen molar-refractivity contribution >= 4 is 17.5 Å². The Morgan fingerprint density at radius 1 is 1.00 bits per heavy atom. The molecule has 226 valence electrons. The largest absolute Gasteiger partial charge is 0.417 e. The molecule has 1 amide bonds. The first-order valence-corrected chi connectivity index (χ1v) is 13.3. The molecular formula is C29H30F3N7O4. The molecule has 0 saturated carbocycles. The van der Waals surface area contributed by atoms with Gasteiger partial charge in [0.2, 0.25) is 17.6 Å². The second-order valence-electron chi connectivity index (χ2n) is 10.6. The number of benzene rings is 1. The molecule has 4 aromatic rings. The number of ketones is 1. The third kappa shape index (κ3) is 6.63. The summed E-state index contributed by atoms with van der Waals surface area (Å²) < 4.78 is 45.8. The molecule has 0 saturated heterocycles. The van der Waals surface area contributed by atoms with Gasteiger partial charge in [-0.1, -0.05) is 44.2 Å². The number of rotatable bonds is 10. The number of halogens is 3. The summed E-state index contributed by atoms with van der Waals surface area (Å²) in [6, 6.07) is 9.96. The van der Waals surface area contributed by atoms with Crippen LogP contribution in [0, 0.1) is 5.92 Å². The van der Waals surface area contributed by atoms with Crippen LogP contribution in [0.15, 0.2) is 64.1 Å². The number of Topliss-reactive ketones (excluding diaryl/α,β-unsaturated/α-hetero) is 1. The Hall–Kier alpha value is -4.88. The molecule has 11 nitrogen and oxygen atoms in total. The molecule has 1 aromatic carbocycles. The Morgan fingerprint density at radius 2 is 1.70 bits per heavy atom. The maximum absolute atomic E-state index is 13.4. The lowest BCUT2D eigenvalue weighted by Crippen LogP contribution is -2.46. The summed E-state index contributed by atoms with van der Waals surface area (Å²) in [5, 5.41) is 13.2. The maximum atomic E-state index is 13.4. The number of nitrogens with one attached hydrogen (secondary N) is 2. The fourth-order valence-corrected chi connectivity index (χ4v) is 4.30. The van der Waals surface area contributed by atoms with Gasteiger partial charge in [-0.3, -0.25) is 23.9 Å². The highest BCUT2D eigenvalue weighted by molar-refractivity contribution is 5.98. The van der Waals surface area contributed by atoms with Gasteiger partial charge in [-0.25, -0.2) is 4.98 Å². The molecular weight excluding hydrogens is 567 g/mol. The second-order valence-corrected chi connectivity index (χ2v) is 10.6. The van der Waals surface area contributed by atoms with Crippen LogP contribution in [0.2, 0.25) is 0 Å². The molecule has 3 aromatic heterocycles. The number of nitrogens with zero attached hydrogens (tertiary/aromatic N) is 5. The van der Waals surface area contributed by atoms with Gasteiger partial charge in [0.1, 0.15) is 6.54 Å². The lowest BCUT2D eigenvalue weighted by atomic mass is 9.88. The zero-order valence-corrected chi connectivity index (χ0v) is 24.1. The van der Waals surface area contributed by atoms with Crippen molar-refractivity contribution in [1.82, 2.24) is 30.0 Å². The van der Waals surface area contributed by atoms with E-state index in [1.54, 1.807) is 52.0 Å². The topological polar surface area (TPSA) is 145 Å². The molecule has 2 N–H and O–H groups in total. The summed E-state index contributed by atoms with van der Waals surface area (Å²) in [6.07, 6.45) is -2.35. The van der Waals surface area contributed by atoms with Crippen LogP contribution in [0.1, 0.15) is 55.5 Å². The number of alkyl halides is 3. The van der Waals surface area contributed by atoms with Crippen molar-refractivity contribution < 1.29 is 27.2 Å². The van der Waals surface area contributed by atoms with Crippen LogP contribution >= 0.6 is 0 Å². The number of hydrogen-bond acceptors (Lipinski definition) is 9. The summed E-state index contributed by atoms with van der Waals surface area (Å²) in [6.45, 7) is 6.25. The first kappa shape index (κ1) is 31.1. The first-order chi connectivity index (χ1) is 20.2. The second kappa shape index (κ2) is 12.2. The summed E-state index contributed by atoms with van der Waals surface area (Å²) in [7, 11) is 1.54. The van der Waals surface area contributed by atoms with E-state index in [4.69, 9.17) is 4.42 Å². The number of amides is 1. The molecule has 0 aliphatic heterocycles. The van der Waals surface area contributed by atoms with E-state index in [2.05, 4.69) is 30.8 Å². The summed E-state index contributed by atoms with van der Waals surface area (Å²) in [4.78, 5) is 47.8. The molecule has 0 spiro atoms. The highest BCUT2D eigenvalue weighted by Gasteiger charge is 2.36. The number of pyridine rings is 1. The van der Waals surface area contributed by atoms with E-state index in [-0.39, 0.29) is 17.4 Å². The lowest BCUT2D eigenvalue weighted by molar-refractivity contribution is -0.137. The summed E-state index contributed by atoms with van der Waals surface area (Å²) in [5.41, 5.74) is -1.26. The zero-order chi connectivity index (χ0) is 31.5. The average Bonchev–Trinajstić information content (AvgIpc) is 3.48. The van der Waals surface area contributed by atoms with Crippen LogP contribution in [0.3, 0.4) is 0 Å². The van der Waals surface area contributed by atoms with Crippen LogP contribution in [0.5, 0.6) is 0 Å². The van der Waals surface area contributed by atoms with Crippen LogP contribution in [0.4, 0.5) is 19.0 Å². The minimum Gasteiger partial charge on any atom is -0.417 e. The van der Waals surface area contributed by atoms with E-state index in [0.29, 0.717) is 17.5 Å². The molecule has 43 heavy (non-hydrogen) atoms. The van der Waals surface area contributed by atoms with E-state index in [9.17, 15) is 27.6 Å². The highest BCUT2D eigenvalue weighted by atomic mass is 19.4. The Labute approximate surface area is 244 Å². The van der Waals surface area contributed by atoms with E-state index >= 15 is 0 Å². The fraction of sp³-hybridized carbons (Fsp3) is 0.345. The number of carbonyl (C=O) groups is 2. The Bertz CT molecular complexity index is 1660. The molecule has 0 radical (unpaired) electrons. The molecule has 0 bridgehead atoms. The molecule has 0 unspecified atom stereocenters. The standard InChI is InChI=1S/C29H30F3N7O4/c1-16(2)22(36-21(40)15-39-19(17-9-7-6-8-10-17)14-35-24(33-5)26(39)42)23(41)25-37-38-27(43-25)28(3,4)20-12-11-18(13-34-20)29(30,31)32/h6-14,16,22H,15H2,1-5H3,(H,33,35)(H,36,40)/t22-/m0/s1. The number of hydrogen-bond donors (Lipinski definition) is 2. The van der Waals surface area contributed by atoms with Crippen LogP contribution in [0.25, 0.3) is 11.3 Å². The van der Waals surface area contributed by atoms with Gasteiger partial charge in [0.05, 0.1) is 34.6 Å². The van der Waals surface area contributed by atoms with Crippen molar-refractivity contribution in [3.63, 3.8) is 0 Å². The Kier molecular flexibility index (Phi) is 8.78. The fourth-order valence-electron chi connectivity index (χ4n) is 4.30. The SMILES string of the molecule is CNc1ncc(-c2ccccc2)n(CC(=O)N[C@H](C(=O)c2nnc(C(C)(C)c3ccc(C(F)(F)F)cn3)o2)C(C)C)c1=O. The number of aromatic nitrogens is 5. The van der Waals surface area contributed by atoms with Crippen molar-refractivity contribution in [2.24, 2.45) is 5.92 Å². The Morgan fingerprint density at radius 3 is 2.28 bits per heavy atom. The molecule has 3 heterocycles.